The summed E-state index contributed by atoms with van der Waals surface area (Å²) in [5.41, 5.74) is 1.32. The van der Waals surface area contributed by atoms with Crippen molar-refractivity contribution in [3.8, 4) is 0 Å². The van der Waals surface area contributed by atoms with Crippen LogP contribution < -0.4 is 5.32 Å². The van der Waals surface area contributed by atoms with Crippen LogP contribution in [0.15, 0.2) is 30.3 Å². The first-order valence-electron chi connectivity index (χ1n) is 7.69. The fraction of sp³-hybridized carbons (Fsp3) is 0.562. The van der Waals surface area contributed by atoms with Crippen molar-refractivity contribution in [2.45, 2.75) is 25.1 Å². The highest BCUT2D eigenvalue weighted by Gasteiger charge is 2.32. The lowest BCUT2D eigenvalue weighted by atomic mass is 10.1. The number of nitrogens with zero attached hydrogens (tertiary/aromatic N) is 2. The van der Waals surface area contributed by atoms with E-state index in [0.29, 0.717) is 13.0 Å². The number of aliphatic hydroxyl groups is 1. The molecule has 2 aliphatic heterocycles. The number of benzene rings is 1. The van der Waals surface area contributed by atoms with Gasteiger partial charge < -0.3 is 15.3 Å². The highest BCUT2D eigenvalue weighted by Crippen LogP contribution is 2.13. The second-order valence-electron chi connectivity index (χ2n) is 5.94. The molecule has 2 atom stereocenters. The number of hydrogen-bond donors (Lipinski definition) is 2. The third kappa shape index (κ3) is 5.33. The summed E-state index contributed by atoms with van der Waals surface area (Å²) < 4.78 is 0. The average molecular weight is 362 g/mol. The summed E-state index contributed by atoms with van der Waals surface area (Å²) in [6.45, 7) is 4.86. The second-order valence-corrected chi connectivity index (χ2v) is 5.94. The lowest BCUT2D eigenvalue weighted by Gasteiger charge is -2.36. The molecule has 2 N–H and O–H groups in total. The normalized spacial score (nSPS) is 24.7. The highest BCUT2D eigenvalue weighted by atomic mass is 35.5. The molecule has 0 saturated carbocycles. The predicted octanol–water partition coefficient (Wildman–Crippen LogP) is 0.897. The number of carbonyl (C=O) groups is 1. The fourth-order valence-corrected chi connectivity index (χ4v) is 3.09. The van der Waals surface area contributed by atoms with Crippen LogP contribution in [0, 0.1) is 0 Å². The van der Waals surface area contributed by atoms with Crippen LogP contribution in [0.3, 0.4) is 0 Å². The Morgan fingerprint density at radius 3 is 2.35 bits per heavy atom. The fourth-order valence-electron chi connectivity index (χ4n) is 3.09. The Morgan fingerprint density at radius 2 is 1.78 bits per heavy atom. The van der Waals surface area contributed by atoms with Gasteiger partial charge in [0, 0.05) is 39.3 Å². The van der Waals surface area contributed by atoms with Gasteiger partial charge in [0.1, 0.15) is 0 Å². The van der Waals surface area contributed by atoms with Gasteiger partial charge >= 0.3 is 0 Å². The summed E-state index contributed by atoms with van der Waals surface area (Å²) in [7, 11) is 0. The van der Waals surface area contributed by atoms with Gasteiger partial charge in [0.2, 0.25) is 5.91 Å². The van der Waals surface area contributed by atoms with Crippen molar-refractivity contribution in [1.29, 1.82) is 0 Å². The summed E-state index contributed by atoms with van der Waals surface area (Å²) >= 11 is 0. The molecule has 0 aromatic heterocycles. The molecule has 1 amide bonds. The zero-order valence-corrected chi connectivity index (χ0v) is 14.7. The van der Waals surface area contributed by atoms with E-state index < -0.39 is 0 Å². The molecule has 1 aromatic carbocycles. The van der Waals surface area contributed by atoms with Crippen molar-refractivity contribution in [3.63, 3.8) is 0 Å². The molecule has 2 fully saturated rings. The van der Waals surface area contributed by atoms with E-state index in [4.69, 9.17) is 0 Å². The van der Waals surface area contributed by atoms with Crippen LogP contribution in [0.4, 0.5) is 0 Å². The van der Waals surface area contributed by atoms with Gasteiger partial charge in [-0.2, -0.15) is 0 Å². The first-order chi connectivity index (χ1) is 10.2. The third-order valence-electron chi connectivity index (χ3n) is 4.34. The molecule has 0 bridgehead atoms. The summed E-state index contributed by atoms with van der Waals surface area (Å²) in [5, 5.41) is 12.6. The second kappa shape index (κ2) is 9.45. The van der Waals surface area contributed by atoms with Crippen LogP contribution in [-0.4, -0.2) is 65.7 Å². The van der Waals surface area contributed by atoms with Gasteiger partial charge in [-0.25, -0.2) is 0 Å². The maximum Gasteiger partial charge on any atom is 0.239 e. The summed E-state index contributed by atoms with van der Waals surface area (Å²) in [4.78, 5) is 16.7. The highest BCUT2D eigenvalue weighted by molar-refractivity contribution is 5.85. The van der Waals surface area contributed by atoms with Gasteiger partial charge in [0.05, 0.1) is 12.1 Å². The quantitative estimate of drug-likeness (QED) is 0.839. The van der Waals surface area contributed by atoms with E-state index >= 15 is 0 Å². The van der Waals surface area contributed by atoms with Gasteiger partial charge in [-0.05, 0) is 12.0 Å². The van der Waals surface area contributed by atoms with Crippen LogP contribution in [0.25, 0.3) is 0 Å². The third-order valence-corrected chi connectivity index (χ3v) is 4.34. The van der Waals surface area contributed by atoms with Crippen molar-refractivity contribution in [3.05, 3.63) is 35.9 Å². The van der Waals surface area contributed by atoms with E-state index in [9.17, 15) is 9.90 Å². The minimum absolute atomic E-state index is 0. The number of piperazine rings is 1. The van der Waals surface area contributed by atoms with Crippen LogP contribution >= 0.6 is 24.8 Å². The topological polar surface area (TPSA) is 55.8 Å². The summed E-state index contributed by atoms with van der Waals surface area (Å²) in [5.74, 6) is 0.144. The van der Waals surface area contributed by atoms with Gasteiger partial charge in [-0.1, -0.05) is 30.3 Å². The molecular weight excluding hydrogens is 337 g/mol. The van der Waals surface area contributed by atoms with Gasteiger partial charge in [-0.15, -0.1) is 24.8 Å². The van der Waals surface area contributed by atoms with Crippen molar-refractivity contribution in [2.24, 2.45) is 0 Å². The zero-order valence-electron chi connectivity index (χ0n) is 13.1. The Labute approximate surface area is 149 Å². The number of aliphatic hydroxyl groups excluding tert-OH is 1. The van der Waals surface area contributed by atoms with Crippen LogP contribution in [0.2, 0.25) is 0 Å². The molecule has 0 aliphatic carbocycles. The molecule has 2 aliphatic rings. The molecule has 1 aromatic rings. The van der Waals surface area contributed by atoms with Crippen LogP contribution in [0.1, 0.15) is 12.0 Å². The Morgan fingerprint density at radius 1 is 1.13 bits per heavy atom. The number of β-amino-alcohol motifs (C(OH)–C–C–N with tert-alkyl or cyclic N) is 1. The van der Waals surface area contributed by atoms with Crippen molar-refractivity contribution < 1.29 is 9.90 Å². The van der Waals surface area contributed by atoms with E-state index in [-0.39, 0.29) is 42.9 Å². The molecule has 3 rings (SSSR count). The summed E-state index contributed by atoms with van der Waals surface area (Å²) in [6.07, 6.45) is 0.168. The van der Waals surface area contributed by atoms with Gasteiger partial charge in [0.15, 0.2) is 0 Å². The monoisotopic (exact) mass is 361 g/mol. The first kappa shape index (κ1) is 20.2. The molecule has 7 heteroatoms. The maximum atomic E-state index is 12.3. The van der Waals surface area contributed by atoms with Crippen molar-refractivity contribution in [1.82, 2.24) is 15.1 Å². The van der Waals surface area contributed by atoms with E-state index in [2.05, 4.69) is 34.5 Å². The molecule has 2 saturated heterocycles. The van der Waals surface area contributed by atoms with Gasteiger partial charge in [0.25, 0.3) is 0 Å². The number of carbonyl (C=O) groups excluding carboxylic acids is 1. The molecule has 130 valence electrons. The standard InChI is InChI=1S/C16H23N3O2.2ClH/c20-14-10-15(17-11-14)16(21)19-8-6-18(7-9-19)12-13-4-2-1-3-5-13;;/h1-5,14-15,17,20H,6-12H2;2*1H. The minimum atomic E-state index is -0.377. The largest absolute Gasteiger partial charge is 0.392 e. The van der Waals surface area contributed by atoms with E-state index in [0.717, 1.165) is 32.7 Å². The average Bonchev–Trinajstić information content (AvgIpc) is 2.95. The predicted molar refractivity (Wildman–Crippen MR) is 95.2 cm³/mol. The molecule has 0 radical (unpaired) electrons. The molecule has 2 heterocycles. The zero-order chi connectivity index (χ0) is 14.7. The molecule has 5 nitrogen and oxygen atoms in total. The Hall–Kier alpha value is -0.850. The number of amides is 1. The minimum Gasteiger partial charge on any atom is -0.392 e. The van der Waals surface area contributed by atoms with Crippen LogP contribution in [0.5, 0.6) is 0 Å². The lowest BCUT2D eigenvalue weighted by Crippen LogP contribution is -2.52. The van der Waals surface area contributed by atoms with E-state index in [1.165, 1.54) is 5.56 Å². The Kier molecular flexibility index (Phi) is 8.29. The van der Waals surface area contributed by atoms with Gasteiger partial charge in [-0.3, -0.25) is 9.69 Å². The Balaban J connectivity index is 0.00000132. The molecular formula is C16H25Cl2N3O2. The molecule has 2 unspecified atom stereocenters. The Bertz CT molecular complexity index is 481. The molecule has 0 spiro atoms. The smallest absolute Gasteiger partial charge is 0.239 e. The number of hydrogen-bond acceptors (Lipinski definition) is 4. The van der Waals surface area contributed by atoms with Crippen molar-refractivity contribution in [2.75, 3.05) is 32.7 Å². The van der Waals surface area contributed by atoms with E-state index in [1.54, 1.807) is 0 Å². The number of nitrogens with one attached hydrogen (secondary N) is 1. The lowest BCUT2D eigenvalue weighted by molar-refractivity contribution is -0.135. The molecule has 23 heavy (non-hydrogen) atoms. The van der Waals surface area contributed by atoms with Crippen LogP contribution in [-0.2, 0) is 11.3 Å². The van der Waals surface area contributed by atoms with E-state index in [1.807, 2.05) is 11.0 Å². The summed E-state index contributed by atoms with van der Waals surface area (Å²) in [6, 6.07) is 10.2. The van der Waals surface area contributed by atoms with Crippen molar-refractivity contribution >= 4 is 30.7 Å². The SMILES string of the molecule is Cl.Cl.O=C(C1CC(O)CN1)N1CCN(Cc2ccccc2)CC1. The number of halogens is 2. The maximum absolute atomic E-state index is 12.3. The first-order valence-corrected chi connectivity index (χ1v) is 7.69. The number of rotatable bonds is 3.